The van der Waals surface area contributed by atoms with Crippen LogP contribution in [0.25, 0.3) is 0 Å². The number of amides is 1. The molecule has 1 fully saturated rings. The van der Waals surface area contributed by atoms with Gasteiger partial charge in [0.05, 0.1) is 6.54 Å². The van der Waals surface area contributed by atoms with Gasteiger partial charge in [0.2, 0.25) is 15.9 Å². The standard InChI is InChI=1S/C20H25N3O3S2/c1-15-13-16-5-2-3-6-18(16)23(15)19(24)14-22-10-8-17(9-11-22)21-28(25,26)20-7-4-12-27-20/h2-7,12,15,17,21H,8-11,13-14H2,1H3/t15-/m1/s1. The van der Waals surface area contributed by atoms with Crippen LogP contribution in [0.1, 0.15) is 25.3 Å². The van der Waals surface area contributed by atoms with Crippen LogP contribution in [0.3, 0.4) is 0 Å². The van der Waals surface area contributed by atoms with Crippen LogP contribution in [-0.4, -0.2) is 50.9 Å². The van der Waals surface area contributed by atoms with E-state index >= 15 is 0 Å². The van der Waals surface area contributed by atoms with Crippen molar-refractivity contribution >= 4 is 33.0 Å². The van der Waals surface area contributed by atoms with Crippen LogP contribution in [-0.2, 0) is 21.2 Å². The first kappa shape index (κ1) is 19.6. The molecule has 0 spiro atoms. The van der Waals surface area contributed by atoms with Crippen molar-refractivity contribution in [2.45, 2.75) is 42.5 Å². The van der Waals surface area contributed by atoms with Crippen LogP contribution in [0.2, 0.25) is 0 Å². The Kier molecular flexibility index (Phi) is 5.55. The van der Waals surface area contributed by atoms with Crippen molar-refractivity contribution in [3.8, 4) is 0 Å². The summed E-state index contributed by atoms with van der Waals surface area (Å²) >= 11 is 1.23. The lowest BCUT2D eigenvalue weighted by Gasteiger charge is -2.33. The Morgan fingerprint density at radius 3 is 2.64 bits per heavy atom. The van der Waals surface area contributed by atoms with E-state index in [1.807, 2.05) is 23.1 Å². The molecule has 0 aliphatic carbocycles. The number of rotatable bonds is 5. The zero-order valence-corrected chi connectivity index (χ0v) is 17.5. The molecule has 3 heterocycles. The van der Waals surface area contributed by atoms with Crippen molar-refractivity contribution in [1.82, 2.24) is 9.62 Å². The van der Waals surface area contributed by atoms with Crippen molar-refractivity contribution in [3.63, 3.8) is 0 Å². The van der Waals surface area contributed by atoms with E-state index < -0.39 is 10.0 Å². The number of benzene rings is 1. The molecule has 1 amide bonds. The number of hydrogen-bond acceptors (Lipinski definition) is 5. The fourth-order valence-corrected chi connectivity index (χ4v) is 6.43. The Balaban J connectivity index is 1.32. The Morgan fingerprint density at radius 1 is 1.18 bits per heavy atom. The first-order valence-electron chi connectivity index (χ1n) is 9.62. The number of para-hydroxylation sites is 1. The molecule has 0 bridgehead atoms. The fraction of sp³-hybridized carbons (Fsp3) is 0.450. The molecule has 4 rings (SSSR count). The van der Waals surface area contributed by atoms with Gasteiger partial charge in [-0.3, -0.25) is 9.69 Å². The molecule has 2 aromatic rings. The van der Waals surface area contributed by atoms with Gasteiger partial charge < -0.3 is 4.90 Å². The molecule has 0 unspecified atom stereocenters. The van der Waals surface area contributed by atoms with Gasteiger partial charge in [0.1, 0.15) is 4.21 Å². The zero-order chi connectivity index (χ0) is 19.7. The average Bonchev–Trinajstić information content (AvgIpc) is 3.30. The monoisotopic (exact) mass is 419 g/mol. The summed E-state index contributed by atoms with van der Waals surface area (Å²) in [6.45, 7) is 3.90. The fourth-order valence-electron chi connectivity index (χ4n) is 4.12. The molecule has 0 radical (unpaired) electrons. The number of piperidine rings is 1. The Labute approximate surface area is 170 Å². The van der Waals surface area contributed by atoms with Crippen LogP contribution < -0.4 is 9.62 Å². The first-order chi connectivity index (χ1) is 13.4. The highest BCUT2D eigenvalue weighted by molar-refractivity contribution is 7.91. The van der Waals surface area contributed by atoms with E-state index in [0.29, 0.717) is 36.7 Å². The molecule has 8 heteroatoms. The minimum Gasteiger partial charge on any atom is -0.308 e. The maximum Gasteiger partial charge on any atom is 0.250 e. The topological polar surface area (TPSA) is 69.7 Å². The summed E-state index contributed by atoms with van der Waals surface area (Å²) in [7, 11) is -3.44. The number of carbonyl (C=O) groups is 1. The van der Waals surface area contributed by atoms with Gasteiger partial charge in [-0.15, -0.1) is 11.3 Å². The van der Waals surface area contributed by atoms with Crippen molar-refractivity contribution in [2.75, 3.05) is 24.5 Å². The van der Waals surface area contributed by atoms with Crippen LogP contribution in [0.15, 0.2) is 46.0 Å². The molecule has 1 saturated heterocycles. The summed E-state index contributed by atoms with van der Waals surface area (Å²) in [5.41, 5.74) is 2.25. The molecule has 6 nitrogen and oxygen atoms in total. The summed E-state index contributed by atoms with van der Waals surface area (Å²) in [5.74, 6) is 0.120. The minimum atomic E-state index is -3.44. The molecule has 2 aliphatic rings. The van der Waals surface area contributed by atoms with Crippen molar-refractivity contribution < 1.29 is 13.2 Å². The van der Waals surface area contributed by atoms with E-state index in [4.69, 9.17) is 0 Å². The van der Waals surface area contributed by atoms with Crippen LogP contribution in [0.4, 0.5) is 5.69 Å². The second-order valence-corrected chi connectivity index (χ2v) is 10.4. The lowest BCUT2D eigenvalue weighted by atomic mass is 10.1. The molecule has 1 N–H and O–H groups in total. The second kappa shape index (κ2) is 7.94. The van der Waals surface area contributed by atoms with Gasteiger partial charge in [-0.2, -0.15) is 0 Å². The van der Waals surface area contributed by atoms with E-state index in [2.05, 4.69) is 22.6 Å². The SMILES string of the molecule is C[C@@H]1Cc2ccccc2N1C(=O)CN1CCC(NS(=O)(=O)c2cccs2)CC1. The van der Waals surface area contributed by atoms with E-state index in [-0.39, 0.29) is 18.0 Å². The lowest BCUT2D eigenvalue weighted by Crippen LogP contribution is -2.48. The second-order valence-electron chi connectivity index (χ2n) is 7.55. The number of nitrogens with zero attached hydrogens (tertiary/aromatic N) is 2. The summed E-state index contributed by atoms with van der Waals surface area (Å²) in [4.78, 5) is 17.0. The highest BCUT2D eigenvalue weighted by atomic mass is 32.2. The van der Waals surface area contributed by atoms with Gasteiger partial charge in [0.25, 0.3) is 0 Å². The highest BCUT2D eigenvalue weighted by Gasteiger charge is 2.32. The third kappa shape index (κ3) is 4.00. The van der Waals surface area contributed by atoms with Gasteiger partial charge >= 0.3 is 0 Å². The molecule has 1 aromatic carbocycles. The van der Waals surface area contributed by atoms with Gasteiger partial charge in [-0.1, -0.05) is 24.3 Å². The third-order valence-corrected chi connectivity index (χ3v) is 8.42. The Hall–Kier alpha value is -1.74. The van der Waals surface area contributed by atoms with E-state index in [0.717, 1.165) is 12.1 Å². The molecule has 1 aromatic heterocycles. The molecule has 28 heavy (non-hydrogen) atoms. The molecular weight excluding hydrogens is 394 g/mol. The number of sulfonamides is 1. The minimum absolute atomic E-state index is 0.0788. The van der Waals surface area contributed by atoms with Gasteiger partial charge in [0, 0.05) is 30.9 Å². The average molecular weight is 420 g/mol. The summed E-state index contributed by atoms with van der Waals surface area (Å²) in [6, 6.07) is 11.6. The number of nitrogens with one attached hydrogen (secondary N) is 1. The molecule has 150 valence electrons. The van der Waals surface area contributed by atoms with Crippen molar-refractivity contribution in [1.29, 1.82) is 0 Å². The highest BCUT2D eigenvalue weighted by Crippen LogP contribution is 2.32. The van der Waals surface area contributed by atoms with Gasteiger partial charge in [-0.05, 0) is 49.3 Å². The van der Waals surface area contributed by atoms with E-state index in [1.54, 1.807) is 17.5 Å². The number of carbonyl (C=O) groups excluding carboxylic acids is 1. The summed E-state index contributed by atoms with van der Waals surface area (Å²) < 4.78 is 27.9. The van der Waals surface area contributed by atoms with Crippen LogP contribution in [0.5, 0.6) is 0 Å². The van der Waals surface area contributed by atoms with Crippen molar-refractivity contribution in [2.24, 2.45) is 0 Å². The molecule has 1 atom stereocenters. The van der Waals surface area contributed by atoms with Gasteiger partial charge in [-0.25, -0.2) is 13.1 Å². The summed E-state index contributed by atoms with van der Waals surface area (Å²) in [5, 5.41) is 1.76. The van der Waals surface area contributed by atoms with Crippen molar-refractivity contribution in [3.05, 3.63) is 47.3 Å². The molecule has 0 saturated carbocycles. The quantitative estimate of drug-likeness (QED) is 0.808. The molecule has 2 aliphatic heterocycles. The first-order valence-corrected chi connectivity index (χ1v) is 12.0. The Bertz CT molecular complexity index is 935. The number of likely N-dealkylation sites (tertiary alicyclic amines) is 1. The number of anilines is 1. The smallest absolute Gasteiger partial charge is 0.250 e. The largest absolute Gasteiger partial charge is 0.308 e. The number of hydrogen-bond donors (Lipinski definition) is 1. The normalized spacial score (nSPS) is 21.0. The maximum absolute atomic E-state index is 12.9. The van der Waals surface area contributed by atoms with Crippen LogP contribution >= 0.6 is 11.3 Å². The zero-order valence-electron chi connectivity index (χ0n) is 15.9. The molecular formula is C20H25N3O3S2. The van der Waals surface area contributed by atoms with Gasteiger partial charge in [0.15, 0.2) is 0 Å². The van der Waals surface area contributed by atoms with E-state index in [1.165, 1.54) is 16.9 Å². The Morgan fingerprint density at radius 2 is 1.93 bits per heavy atom. The van der Waals surface area contributed by atoms with Crippen LogP contribution in [0, 0.1) is 0 Å². The predicted octanol–water partition coefficient (Wildman–Crippen LogP) is 2.47. The third-order valence-electron chi connectivity index (χ3n) is 5.50. The predicted molar refractivity (Wildman–Crippen MR) is 111 cm³/mol. The number of fused-ring (bicyclic) bond motifs is 1. The maximum atomic E-state index is 12.9. The summed E-state index contributed by atoms with van der Waals surface area (Å²) in [6.07, 6.45) is 2.32. The number of thiophene rings is 1. The van der Waals surface area contributed by atoms with E-state index in [9.17, 15) is 13.2 Å². The lowest BCUT2D eigenvalue weighted by molar-refractivity contribution is -0.120.